The Morgan fingerprint density at radius 3 is 2.73 bits per heavy atom. The zero-order chi connectivity index (χ0) is 10.7. The van der Waals surface area contributed by atoms with Crippen molar-refractivity contribution in [2.45, 2.75) is 6.92 Å². The maximum atomic E-state index is 5.32. The topological polar surface area (TPSA) is 39.9 Å². The Labute approximate surface area is 88.5 Å². The van der Waals surface area contributed by atoms with E-state index >= 15 is 0 Å². The summed E-state index contributed by atoms with van der Waals surface area (Å²) in [5, 5.41) is 4.10. The van der Waals surface area contributed by atoms with Crippen molar-refractivity contribution >= 4 is 0 Å². The van der Waals surface area contributed by atoms with Gasteiger partial charge in [0.15, 0.2) is 0 Å². The summed E-state index contributed by atoms with van der Waals surface area (Å²) < 4.78 is 7.12. The van der Waals surface area contributed by atoms with Crippen LogP contribution in [0.4, 0.5) is 0 Å². The van der Waals surface area contributed by atoms with Crippen LogP contribution >= 0.6 is 0 Å². The number of hydrogen-bond acceptors (Lipinski definition) is 3. The summed E-state index contributed by atoms with van der Waals surface area (Å²) in [4.78, 5) is 4.31. The van der Waals surface area contributed by atoms with Crippen molar-refractivity contribution in [3.05, 3.63) is 30.6 Å². The first kappa shape index (κ1) is 9.71. The molecular formula is C11H13N3O. The number of hydrogen-bond donors (Lipinski definition) is 0. The van der Waals surface area contributed by atoms with E-state index in [-0.39, 0.29) is 0 Å². The van der Waals surface area contributed by atoms with Gasteiger partial charge in [-0.2, -0.15) is 5.10 Å². The summed E-state index contributed by atoms with van der Waals surface area (Å²) in [7, 11) is 1.90. The third-order valence-corrected chi connectivity index (χ3v) is 2.13. The minimum Gasteiger partial charge on any atom is -0.492 e. The molecule has 0 unspecified atom stereocenters. The van der Waals surface area contributed by atoms with Gasteiger partial charge in [0.1, 0.15) is 5.75 Å². The summed E-state index contributed by atoms with van der Waals surface area (Å²) in [5.74, 6) is 0.795. The average Bonchev–Trinajstić information content (AvgIpc) is 2.66. The monoisotopic (exact) mass is 203 g/mol. The highest BCUT2D eigenvalue weighted by Crippen LogP contribution is 2.18. The Balaban J connectivity index is 2.28. The predicted molar refractivity (Wildman–Crippen MR) is 57.6 cm³/mol. The van der Waals surface area contributed by atoms with E-state index in [1.807, 2.05) is 32.2 Å². The first-order chi connectivity index (χ1) is 7.31. The fourth-order valence-electron chi connectivity index (χ4n) is 1.41. The summed E-state index contributed by atoms with van der Waals surface area (Å²) in [6.45, 7) is 2.61. The van der Waals surface area contributed by atoms with Gasteiger partial charge in [-0.05, 0) is 25.1 Å². The molecule has 0 bridgehead atoms. The molecule has 0 aliphatic rings. The van der Waals surface area contributed by atoms with Crippen LogP contribution in [0, 0.1) is 0 Å². The van der Waals surface area contributed by atoms with E-state index in [4.69, 9.17) is 4.74 Å². The highest BCUT2D eigenvalue weighted by atomic mass is 16.5. The normalized spacial score (nSPS) is 10.3. The van der Waals surface area contributed by atoms with E-state index in [0.29, 0.717) is 6.61 Å². The molecule has 0 fully saturated rings. The molecule has 0 aromatic carbocycles. The standard InChI is InChI=1S/C11H13N3O/c1-3-15-9-4-5-10(12-8-9)11-6-7-13-14(11)2/h4-8H,3H2,1-2H3. The van der Waals surface area contributed by atoms with E-state index in [2.05, 4.69) is 10.1 Å². The molecule has 15 heavy (non-hydrogen) atoms. The minimum atomic E-state index is 0.659. The van der Waals surface area contributed by atoms with Gasteiger partial charge in [-0.1, -0.05) is 0 Å². The molecule has 0 saturated carbocycles. The molecule has 0 saturated heterocycles. The maximum Gasteiger partial charge on any atom is 0.137 e. The van der Waals surface area contributed by atoms with Crippen molar-refractivity contribution in [2.75, 3.05) is 6.61 Å². The first-order valence-corrected chi connectivity index (χ1v) is 4.88. The van der Waals surface area contributed by atoms with E-state index in [1.54, 1.807) is 17.1 Å². The summed E-state index contributed by atoms with van der Waals surface area (Å²) in [6, 6.07) is 5.78. The van der Waals surface area contributed by atoms with Gasteiger partial charge in [-0.25, -0.2) is 0 Å². The fraction of sp³-hybridized carbons (Fsp3) is 0.273. The third kappa shape index (κ3) is 1.98. The second-order valence-corrected chi connectivity index (χ2v) is 3.15. The Morgan fingerprint density at radius 1 is 1.33 bits per heavy atom. The Kier molecular flexibility index (Phi) is 2.67. The molecule has 2 rings (SSSR count). The minimum absolute atomic E-state index is 0.659. The lowest BCUT2D eigenvalue weighted by atomic mass is 10.2. The summed E-state index contributed by atoms with van der Waals surface area (Å²) in [5.41, 5.74) is 1.90. The molecular weight excluding hydrogens is 190 g/mol. The van der Waals surface area contributed by atoms with Crippen molar-refractivity contribution in [1.82, 2.24) is 14.8 Å². The van der Waals surface area contributed by atoms with Crippen LogP contribution < -0.4 is 4.74 Å². The van der Waals surface area contributed by atoms with Crippen LogP contribution in [0.1, 0.15) is 6.92 Å². The smallest absolute Gasteiger partial charge is 0.137 e. The second-order valence-electron chi connectivity index (χ2n) is 3.15. The molecule has 2 heterocycles. The molecule has 0 amide bonds. The van der Waals surface area contributed by atoms with Gasteiger partial charge in [0.05, 0.1) is 24.2 Å². The molecule has 0 radical (unpaired) electrons. The second kappa shape index (κ2) is 4.13. The van der Waals surface area contributed by atoms with Gasteiger partial charge < -0.3 is 4.74 Å². The van der Waals surface area contributed by atoms with Crippen molar-refractivity contribution in [2.24, 2.45) is 7.05 Å². The lowest BCUT2D eigenvalue weighted by molar-refractivity contribution is 0.339. The third-order valence-electron chi connectivity index (χ3n) is 2.13. The zero-order valence-electron chi connectivity index (χ0n) is 8.84. The van der Waals surface area contributed by atoms with E-state index < -0.39 is 0 Å². The zero-order valence-corrected chi connectivity index (χ0v) is 8.84. The van der Waals surface area contributed by atoms with Crippen LogP contribution in [0.15, 0.2) is 30.6 Å². The van der Waals surface area contributed by atoms with Crippen LogP contribution in [-0.2, 0) is 7.05 Å². The lowest BCUT2D eigenvalue weighted by Crippen LogP contribution is -1.96. The van der Waals surface area contributed by atoms with Crippen molar-refractivity contribution in [3.8, 4) is 17.1 Å². The van der Waals surface area contributed by atoms with Gasteiger partial charge in [0, 0.05) is 13.2 Å². The quantitative estimate of drug-likeness (QED) is 0.764. The molecule has 78 valence electrons. The number of nitrogens with zero attached hydrogens (tertiary/aromatic N) is 3. The summed E-state index contributed by atoms with van der Waals surface area (Å²) in [6.07, 6.45) is 3.49. The molecule has 0 N–H and O–H groups in total. The number of aryl methyl sites for hydroxylation is 1. The predicted octanol–water partition coefficient (Wildman–Crippen LogP) is 1.88. The molecule has 4 heteroatoms. The van der Waals surface area contributed by atoms with Crippen LogP contribution in [-0.4, -0.2) is 21.4 Å². The van der Waals surface area contributed by atoms with Crippen LogP contribution in [0.3, 0.4) is 0 Å². The van der Waals surface area contributed by atoms with Gasteiger partial charge in [-0.15, -0.1) is 0 Å². The maximum absolute atomic E-state index is 5.32. The van der Waals surface area contributed by atoms with Crippen molar-refractivity contribution < 1.29 is 4.74 Å². The molecule has 4 nitrogen and oxygen atoms in total. The number of aromatic nitrogens is 3. The highest BCUT2D eigenvalue weighted by Gasteiger charge is 2.03. The number of rotatable bonds is 3. The van der Waals surface area contributed by atoms with Gasteiger partial charge in [0.2, 0.25) is 0 Å². The Morgan fingerprint density at radius 2 is 2.20 bits per heavy atom. The van der Waals surface area contributed by atoms with Gasteiger partial charge >= 0.3 is 0 Å². The van der Waals surface area contributed by atoms with Crippen molar-refractivity contribution in [1.29, 1.82) is 0 Å². The molecule has 0 spiro atoms. The van der Waals surface area contributed by atoms with E-state index in [0.717, 1.165) is 17.1 Å². The number of ether oxygens (including phenoxy) is 1. The molecule has 0 atom stereocenters. The van der Waals surface area contributed by atoms with Gasteiger partial charge in [-0.3, -0.25) is 9.67 Å². The molecule has 2 aromatic rings. The van der Waals surface area contributed by atoms with Gasteiger partial charge in [0.25, 0.3) is 0 Å². The fourth-order valence-corrected chi connectivity index (χ4v) is 1.41. The van der Waals surface area contributed by atoms with E-state index in [9.17, 15) is 0 Å². The molecule has 0 aliphatic carbocycles. The lowest BCUT2D eigenvalue weighted by Gasteiger charge is -2.04. The van der Waals surface area contributed by atoms with Crippen LogP contribution in [0.5, 0.6) is 5.75 Å². The summed E-state index contributed by atoms with van der Waals surface area (Å²) >= 11 is 0. The highest BCUT2D eigenvalue weighted by molar-refractivity contribution is 5.54. The molecule has 0 aliphatic heterocycles. The Hall–Kier alpha value is -1.84. The van der Waals surface area contributed by atoms with E-state index in [1.165, 1.54) is 0 Å². The largest absolute Gasteiger partial charge is 0.492 e. The Bertz CT molecular complexity index is 433. The van der Waals surface area contributed by atoms with Crippen LogP contribution in [0.2, 0.25) is 0 Å². The first-order valence-electron chi connectivity index (χ1n) is 4.88. The average molecular weight is 203 g/mol. The van der Waals surface area contributed by atoms with Crippen LogP contribution in [0.25, 0.3) is 11.4 Å². The molecule has 2 aromatic heterocycles. The number of pyridine rings is 1. The SMILES string of the molecule is CCOc1ccc(-c2ccnn2C)nc1. The van der Waals surface area contributed by atoms with Crippen molar-refractivity contribution in [3.63, 3.8) is 0 Å².